The van der Waals surface area contributed by atoms with Crippen molar-refractivity contribution in [3.8, 4) is 0 Å². The van der Waals surface area contributed by atoms with Crippen LogP contribution in [0.2, 0.25) is 0 Å². The number of rotatable bonds is 6. The zero-order valence-corrected chi connectivity index (χ0v) is 15.1. The highest BCUT2D eigenvalue weighted by Gasteiger charge is 2.25. The standard InChI is InChI=1S/C16H21N5OS2/c17-15-19-20-16(24-15)23-11-14(22)21(13-4-2-1-3-5-13)10-12-6-8-18-9-7-12/h6-9,13H,1-5,10-11H2,(H2,17,19). The van der Waals surface area contributed by atoms with Crippen LogP contribution in [0.3, 0.4) is 0 Å². The average molecular weight is 364 g/mol. The van der Waals surface area contributed by atoms with Crippen molar-refractivity contribution in [3.63, 3.8) is 0 Å². The van der Waals surface area contributed by atoms with Crippen molar-refractivity contribution >= 4 is 34.1 Å². The summed E-state index contributed by atoms with van der Waals surface area (Å²) in [6, 6.07) is 4.28. The summed E-state index contributed by atoms with van der Waals surface area (Å²) < 4.78 is 0.744. The molecule has 0 bridgehead atoms. The van der Waals surface area contributed by atoms with Crippen molar-refractivity contribution in [2.45, 2.75) is 49.0 Å². The summed E-state index contributed by atoms with van der Waals surface area (Å²) in [5, 5.41) is 8.20. The number of nitrogen functional groups attached to an aromatic ring is 1. The van der Waals surface area contributed by atoms with Crippen molar-refractivity contribution < 1.29 is 4.79 Å². The summed E-state index contributed by atoms with van der Waals surface area (Å²) in [5.41, 5.74) is 6.71. The predicted molar refractivity (Wildman–Crippen MR) is 96.7 cm³/mol. The lowest BCUT2D eigenvalue weighted by Gasteiger charge is -2.34. The van der Waals surface area contributed by atoms with Gasteiger partial charge in [0.1, 0.15) is 0 Å². The van der Waals surface area contributed by atoms with Crippen LogP contribution in [0.4, 0.5) is 5.13 Å². The van der Waals surface area contributed by atoms with Crippen molar-refractivity contribution in [2.75, 3.05) is 11.5 Å². The second-order valence-corrected chi connectivity index (χ2v) is 8.10. The lowest BCUT2D eigenvalue weighted by molar-refractivity contribution is -0.132. The Balaban J connectivity index is 1.66. The van der Waals surface area contributed by atoms with Gasteiger partial charge in [-0.3, -0.25) is 9.78 Å². The molecular formula is C16H21N5OS2. The first-order valence-corrected chi connectivity index (χ1v) is 9.93. The van der Waals surface area contributed by atoms with Gasteiger partial charge in [0, 0.05) is 25.0 Å². The van der Waals surface area contributed by atoms with Crippen LogP contribution in [0.5, 0.6) is 0 Å². The topological polar surface area (TPSA) is 85.0 Å². The van der Waals surface area contributed by atoms with Crippen LogP contribution in [0.25, 0.3) is 0 Å². The monoisotopic (exact) mass is 363 g/mol. The van der Waals surface area contributed by atoms with E-state index >= 15 is 0 Å². The summed E-state index contributed by atoms with van der Waals surface area (Å²) in [6.07, 6.45) is 9.40. The highest BCUT2D eigenvalue weighted by molar-refractivity contribution is 8.01. The van der Waals surface area contributed by atoms with Gasteiger partial charge < -0.3 is 10.6 Å². The molecule has 8 heteroatoms. The van der Waals surface area contributed by atoms with Crippen LogP contribution in [0, 0.1) is 0 Å². The molecule has 0 aliphatic heterocycles. The fourth-order valence-electron chi connectivity index (χ4n) is 2.98. The van der Waals surface area contributed by atoms with E-state index in [0.29, 0.717) is 23.5 Å². The fourth-order valence-corrected chi connectivity index (χ4v) is 4.51. The third-order valence-electron chi connectivity index (χ3n) is 4.18. The minimum atomic E-state index is 0.150. The van der Waals surface area contributed by atoms with E-state index in [0.717, 1.165) is 22.7 Å². The molecule has 6 nitrogen and oxygen atoms in total. The number of anilines is 1. The SMILES string of the molecule is Nc1nnc(SCC(=O)N(Cc2ccncc2)C2CCCCC2)s1. The van der Waals surface area contributed by atoms with Crippen molar-refractivity contribution in [3.05, 3.63) is 30.1 Å². The summed E-state index contributed by atoms with van der Waals surface area (Å²) in [5.74, 6) is 0.522. The van der Waals surface area contributed by atoms with Gasteiger partial charge in [0.15, 0.2) is 4.34 Å². The van der Waals surface area contributed by atoms with E-state index in [9.17, 15) is 4.79 Å². The number of thioether (sulfide) groups is 1. The fraction of sp³-hybridized carbons (Fsp3) is 0.500. The van der Waals surface area contributed by atoms with Gasteiger partial charge in [-0.25, -0.2) is 0 Å². The minimum Gasteiger partial charge on any atom is -0.374 e. The number of amides is 1. The van der Waals surface area contributed by atoms with E-state index < -0.39 is 0 Å². The Bertz CT molecular complexity index is 657. The molecule has 1 aliphatic rings. The van der Waals surface area contributed by atoms with Crippen LogP contribution in [0.1, 0.15) is 37.7 Å². The van der Waals surface area contributed by atoms with E-state index in [2.05, 4.69) is 15.2 Å². The number of nitrogens with zero attached hydrogens (tertiary/aromatic N) is 4. The van der Waals surface area contributed by atoms with Gasteiger partial charge in [-0.2, -0.15) is 0 Å². The zero-order valence-electron chi connectivity index (χ0n) is 13.4. The second kappa shape index (κ2) is 8.43. The summed E-state index contributed by atoms with van der Waals surface area (Å²) in [7, 11) is 0. The highest BCUT2D eigenvalue weighted by Crippen LogP contribution is 2.27. The molecule has 0 atom stereocenters. The Morgan fingerprint density at radius 2 is 2.00 bits per heavy atom. The maximum Gasteiger partial charge on any atom is 0.233 e. The summed E-state index contributed by atoms with van der Waals surface area (Å²) >= 11 is 2.73. The van der Waals surface area contributed by atoms with Gasteiger partial charge in [0.25, 0.3) is 0 Å². The average Bonchev–Trinajstić information content (AvgIpc) is 3.04. The zero-order chi connectivity index (χ0) is 16.8. The molecule has 0 unspecified atom stereocenters. The number of carbonyl (C=O) groups is 1. The molecule has 2 N–H and O–H groups in total. The molecule has 1 amide bonds. The number of aromatic nitrogens is 3. The Kier molecular flexibility index (Phi) is 6.03. The van der Waals surface area contributed by atoms with Gasteiger partial charge in [0.05, 0.1) is 5.75 Å². The van der Waals surface area contributed by atoms with E-state index in [1.54, 1.807) is 12.4 Å². The number of hydrogen-bond donors (Lipinski definition) is 1. The number of pyridine rings is 1. The van der Waals surface area contributed by atoms with Crippen LogP contribution < -0.4 is 5.73 Å². The molecule has 0 spiro atoms. The first kappa shape index (κ1) is 17.2. The molecule has 1 aliphatic carbocycles. The van der Waals surface area contributed by atoms with Gasteiger partial charge in [-0.05, 0) is 30.5 Å². The third-order valence-corrected chi connectivity index (χ3v) is 6.05. The molecule has 24 heavy (non-hydrogen) atoms. The maximum atomic E-state index is 12.8. The number of carbonyl (C=O) groups excluding carboxylic acids is 1. The van der Waals surface area contributed by atoms with Crippen molar-refractivity contribution in [1.29, 1.82) is 0 Å². The third kappa shape index (κ3) is 4.67. The Morgan fingerprint density at radius 1 is 1.25 bits per heavy atom. The lowest BCUT2D eigenvalue weighted by Crippen LogP contribution is -2.41. The second-order valence-electron chi connectivity index (χ2n) is 5.86. The first-order valence-electron chi connectivity index (χ1n) is 8.12. The molecule has 2 heterocycles. The smallest absolute Gasteiger partial charge is 0.233 e. The van der Waals surface area contributed by atoms with Gasteiger partial charge in [0.2, 0.25) is 11.0 Å². The van der Waals surface area contributed by atoms with Gasteiger partial charge in [-0.1, -0.05) is 42.4 Å². The van der Waals surface area contributed by atoms with Crippen LogP contribution in [0.15, 0.2) is 28.9 Å². The van der Waals surface area contributed by atoms with Crippen LogP contribution in [-0.2, 0) is 11.3 Å². The normalized spacial score (nSPS) is 15.3. The van der Waals surface area contributed by atoms with E-state index in [4.69, 9.17) is 5.73 Å². The number of hydrogen-bond acceptors (Lipinski definition) is 7. The molecule has 2 aromatic heterocycles. The molecule has 2 aromatic rings. The number of nitrogens with two attached hydrogens (primary N) is 1. The largest absolute Gasteiger partial charge is 0.374 e. The van der Waals surface area contributed by atoms with Crippen molar-refractivity contribution in [1.82, 2.24) is 20.1 Å². The quantitative estimate of drug-likeness (QED) is 0.794. The Labute approximate surface area is 149 Å². The van der Waals surface area contributed by atoms with Crippen molar-refractivity contribution in [2.24, 2.45) is 0 Å². The molecule has 0 aromatic carbocycles. The minimum absolute atomic E-state index is 0.150. The van der Waals surface area contributed by atoms with Crippen LogP contribution in [-0.4, -0.2) is 37.8 Å². The molecule has 0 saturated heterocycles. The molecule has 1 saturated carbocycles. The first-order chi connectivity index (χ1) is 11.7. The van der Waals surface area contributed by atoms with E-state index in [-0.39, 0.29) is 5.91 Å². The Hall–Kier alpha value is -1.67. The maximum absolute atomic E-state index is 12.8. The summed E-state index contributed by atoms with van der Waals surface area (Å²) in [4.78, 5) is 18.9. The predicted octanol–water partition coefficient (Wildman–Crippen LogP) is 2.97. The molecule has 3 rings (SSSR count). The highest BCUT2D eigenvalue weighted by atomic mass is 32.2. The lowest BCUT2D eigenvalue weighted by atomic mass is 9.94. The van der Waals surface area contributed by atoms with Gasteiger partial charge in [-0.15, -0.1) is 10.2 Å². The summed E-state index contributed by atoms with van der Waals surface area (Å²) in [6.45, 7) is 0.644. The molecule has 0 radical (unpaired) electrons. The molecule has 1 fully saturated rings. The molecule has 128 valence electrons. The van der Waals surface area contributed by atoms with Crippen LogP contribution >= 0.6 is 23.1 Å². The Morgan fingerprint density at radius 3 is 2.67 bits per heavy atom. The van der Waals surface area contributed by atoms with E-state index in [1.807, 2.05) is 17.0 Å². The van der Waals surface area contributed by atoms with E-state index in [1.165, 1.54) is 42.4 Å². The molecular weight excluding hydrogens is 342 g/mol. The van der Waals surface area contributed by atoms with Gasteiger partial charge >= 0.3 is 0 Å².